The molecule has 15 aromatic rings. The van der Waals surface area contributed by atoms with Crippen LogP contribution in [0.15, 0.2) is 249 Å². The number of nitrogens with one attached hydrogen (secondary N) is 5. The van der Waals surface area contributed by atoms with Crippen molar-refractivity contribution in [2.24, 2.45) is 0 Å². The maximum Gasteiger partial charge on any atom is 0.253 e. The third kappa shape index (κ3) is 20.6. The summed E-state index contributed by atoms with van der Waals surface area (Å²) in [6.07, 6.45) is 8.99. The first kappa shape index (κ1) is 89.1. The quantitative estimate of drug-likeness (QED) is 0.0536. The lowest BCUT2D eigenvalue weighted by Gasteiger charge is -2.31. The van der Waals surface area contributed by atoms with Gasteiger partial charge in [-0.15, -0.1) is 0 Å². The fourth-order valence-corrected chi connectivity index (χ4v) is 18.3. The molecule has 10 aromatic carbocycles. The van der Waals surface area contributed by atoms with Crippen molar-refractivity contribution < 1.29 is 24.0 Å². The third-order valence-electron chi connectivity index (χ3n) is 26.1. The Kier molecular flexibility index (Phi) is 28.5. The van der Waals surface area contributed by atoms with Crippen LogP contribution in [0.5, 0.6) is 0 Å². The lowest BCUT2D eigenvalue weighted by atomic mass is 10.0. The summed E-state index contributed by atoms with van der Waals surface area (Å²) in [4.78, 5) is 95.9. The van der Waals surface area contributed by atoms with E-state index in [2.05, 4.69) is 117 Å². The van der Waals surface area contributed by atoms with Crippen molar-refractivity contribution in [2.45, 2.75) is 122 Å². The molecule has 5 fully saturated rings. The number of fused-ring (bicyclic) bond motifs is 5. The fraction of sp³-hybridized carbons (Fsp3) is 0.327. The number of hydrogen-bond acceptors (Lipinski definition) is 15. The number of likely N-dealkylation sites (N-methyl/N-ethyl adjacent to an activating group) is 3. The van der Waals surface area contributed by atoms with Gasteiger partial charge in [-0.25, -0.2) is 24.9 Å². The van der Waals surface area contributed by atoms with Crippen LogP contribution in [0.3, 0.4) is 0 Å². The number of imidazole rings is 5. The zero-order valence-electron chi connectivity index (χ0n) is 75.4. The topological polar surface area (TPSA) is 251 Å². The Morgan fingerprint density at radius 3 is 0.868 bits per heavy atom. The zero-order chi connectivity index (χ0) is 89.6. The molecule has 3 atom stereocenters. The zero-order valence-corrected chi connectivity index (χ0v) is 75.4. The number of aromatic nitrogens is 10. The lowest BCUT2D eigenvalue weighted by molar-refractivity contribution is 0.0695. The van der Waals surface area contributed by atoms with Gasteiger partial charge in [0.15, 0.2) is 0 Å². The number of hydrogen-bond donors (Lipinski definition) is 5. The average molecular weight is 1730 g/mol. The Balaban J connectivity index is 0.000000118. The molecule has 5 saturated heterocycles. The summed E-state index contributed by atoms with van der Waals surface area (Å²) in [5.74, 6) is 4.34. The highest BCUT2D eigenvalue weighted by Gasteiger charge is 2.30. The van der Waals surface area contributed by atoms with Crippen LogP contribution in [-0.2, 0) is 19.6 Å². The Hall–Kier alpha value is -13.3. The minimum absolute atomic E-state index is 0.0764. The van der Waals surface area contributed by atoms with E-state index in [9.17, 15) is 24.0 Å². The van der Waals surface area contributed by atoms with Crippen LogP contribution in [0.25, 0.3) is 66.5 Å². The van der Waals surface area contributed by atoms with Crippen LogP contribution in [0.4, 0.5) is 0 Å². The summed E-state index contributed by atoms with van der Waals surface area (Å²) in [5.41, 5.74) is 19.8. The Morgan fingerprint density at radius 1 is 0.287 bits per heavy atom. The van der Waals surface area contributed by atoms with Gasteiger partial charge in [0.25, 0.3) is 29.5 Å². The number of para-hydroxylation sites is 10. The Bertz CT molecular complexity index is 6360. The van der Waals surface area contributed by atoms with Crippen LogP contribution < -0.4 is 26.6 Å². The molecule has 664 valence electrons. The highest BCUT2D eigenvalue weighted by atomic mass is 16.2. The number of aryl methyl sites for hydroxylation is 4. The third-order valence-corrected chi connectivity index (χ3v) is 26.1. The van der Waals surface area contributed by atoms with E-state index in [0.29, 0.717) is 24.2 Å². The predicted molar refractivity (Wildman–Crippen MR) is 513 cm³/mol. The van der Waals surface area contributed by atoms with E-state index in [-0.39, 0.29) is 35.6 Å². The van der Waals surface area contributed by atoms with Gasteiger partial charge in [-0.2, -0.15) is 0 Å². The molecule has 5 aliphatic rings. The maximum atomic E-state index is 12.8. The molecule has 20 rings (SSSR count). The van der Waals surface area contributed by atoms with Gasteiger partial charge >= 0.3 is 0 Å². The summed E-state index contributed by atoms with van der Waals surface area (Å²) in [5, 5.41) is 16.6. The summed E-state index contributed by atoms with van der Waals surface area (Å²) < 4.78 is 10.8. The molecule has 0 spiro atoms. The smallest absolute Gasteiger partial charge is 0.253 e. The van der Waals surface area contributed by atoms with Crippen LogP contribution in [0.2, 0.25) is 0 Å². The summed E-state index contributed by atoms with van der Waals surface area (Å²) >= 11 is 0. The first-order valence-corrected chi connectivity index (χ1v) is 45.3. The van der Waals surface area contributed by atoms with E-state index < -0.39 is 0 Å². The van der Waals surface area contributed by atoms with Gasteiger partial charge in [0, 0.05) is 144 Å². The second kappa shape index (κ2) is 41.2. The molecule has 5 amide bonds. The van der Waals surface area contributed by atoms with Crippen LogP contribution in [-0.4, -0.2) is 233 Å². The van der Waals surface area contributed by atoms with Gasteiger partial charge in [-0.1, -0.05) is 97.1 Å². The van der Waals surface area contributed by atoms with E-state index in [0.717, 1.165) is 259 Å². The van der Waals surface area contributed by atoms with Crippen molar-refractivity contribution in [1.29, 1.82) is 0 Å². The molecule has 129 heavy (non-hydrogen) atoms. The fourth-order valence-electron chi connectivity index (χ4n) is 18.3. The summed E-state index contributed by atoms with van der Waals surface area (Å²) in [6, 6.07) is 81.7. The van der Waals surface area contributed by atoms with Crippen molar-refractivity contribution in [3.63, 3.8) is 0 Å². The summed E-state index contributed by atoms with van der Waals surface area (Å²) in [7, 11) is 9.52. The van der Waals surface area contributed by atoms with Gasteiger partial charge in [-0.3, -0.25) is 33.1 Å². The Morgan fingerprint density at radius 2 is 0.543 bits per heavy atom. The van der Waals surface area contributed by atoms with Crippen molar-refractivity contribution in [1.82, 2.24) is 98.8 Å². The molecule has 25 heteroatoms. The predicted octanol–water partition coefficient (Wildman–Crippen LogP) is 14.5. The normalized spacial score (nSPS) is 16.3. The molecule has 10 heterocycles. The van der Waals surface area contributed by atoms with E-state index in [1.54, 1.807) is 0 Å². The molecule has 5 N–H and O–H groups in total. The number of benzene rings is 10. The molecule has 5 aromatic heterocycles. The van der Waals surface area contributed by atoms with Crippen molar-refractivity contribution in [2.75, 3.05) is 101 Å². The highest BCUT2D eigenvalue weighted by Crippen LogP contribution is 2.28. The number of rotatable bonds is 18. The Labute approximate surface area is 754 Å². The number of carbonyl (C=O) groups is 5. The van der Waals surface area contributed by atoms with Crippen molar-refractivity contribution >= 4 is 84.7 Å². The van der Waals surface area contributed by atoms with Crippen LogP contribution >= 0.6 is 0 Å². The molecule has 0 saturated carbocycles. The number of carbonyl (C=O) groups excluding carboxylic acids is 5. The van der Waals surface area contributed by atoms with Crippen molar-refractivity contribution in [3.8, 4) is 11.4 Å². The van der Waals surface area contributed by atoms with Gasteiger partial charge in [0.1, 0.15) is 23.3 Å². The number of nitrogens with zero attached hydrogens (tertiary/aromatic N) is 15. The first-order chi connectivity index (χ1) is 62.8. The van der Waals surface area contributed by atoms with Gasteiger partial charge < -0.3 is 64.8 Å². The number of piperidine rings is 2. The minimum Gasteiger partial charge on any atom is -0.339 e. The second-order valence-electron chi connectivity index (χ2n) is 34.5. The maximum absolute atomic E-state index is 12.8. The molecule has 0 aliphatic carbocycles. The second-order valence-corrected chi connectivity index (χ2v) is 34.5. The minimum atomic E-state index is 0.0764. The monoisotopic (exact) mass is 1730 g/mol. The van der Waals surface area contributed by atoms with E-state index in [1.807, 2.05) is 294 Å². The van der Waals surface area contributed by atoms with Crippen LogP contribution in [0, 0.1) is 27.7 Å². The van der Waals surface area contributed by atoms with Crippen molar-refractivity contribution in [3.05, 3.63) is 317 Å². The van der Waals surface area contributed by atoms with Gasteiger partial charge in [0.2, 0.25) is 0 Å². The molecule has 25 nitrogen and oxygen atoms in total. The largest absolute Gasteiger partial charge is 0.339 e. The van der Waals surface area contributed by atoms with Gasteiger partial charge in [0.05, 0.1) is 61.5 Å². The molecule has 0 bridgehead atoms. The molecular formula is C104H118N20O5. The first-order valence-electron chi connectivity index (χ1n) is 45.3. The van der Waals surface area contributed by atoms with E-state index in [4.69, 9.17) is 0 Å². The molecular weight excluding hydrogens is 1610 g/mol. The summed E-state index contributed by atoms with van der Waals surface area (Å²) in [6.45, 7) is 19.8. The van der Waals surface area contributed by atoms with E-state index in [1.165, 1.54) is 5.56 Å². The highest BCUT2D eigenvalue weighted by molar-refractivity contribution is 5.97. The van der Waals surface area contributed by atoms with Gasteiger partial charge in [-0.05, 0) is 281 Å². The average Bonchev–Trinajstić information content (AvgIpc) is 1.65. The standard InChI is InChI=1S/C22H26N4O.2C21H24N4O.2C20H22N4O/c1-16-24-20-5-3-4-6-21(20)26(16)15-17-7-9-18(10-8-17)22(27)25(2)19-11-13-23-14-12-19;1-15-23-19-5-3-4-6-20(19)25(15)18-9-7-16(8-10-18)21(26)24(2)17-11-13-22-14-12-17;1-15-23-19-5-3-4-6-20(19)25(15)14-16-7-9-17(10-8-16)21(26)24(2)18-11-12-22-13-18;1-14-22-18-5-3-4-6-19(18)24(14)16-9-7-15(8-10-16)20(25)23(2)17-11-12-21-13-17;1-23(17-10-11-21-12-17)20(25)16-8-6-15(7-9-16)13-24-14-22-18-4-2-3-5-19(18)24/h3-10,19,23H,11-15H2,1-2H3;3-10,17,22H,11-14H2,1-2H3;3-10,18,22H,11-14H2,1-2H3;3-10,17,21H,11-13H2,1-2H3;2-9,14,17,21H,10-13H2,1H3/t;;18-;2*17-/m..101/s1. The number of amides is 5. The SMILES string of the molecule is CN(C(=O)c1ccc(Cn2cnc3ccccc32)cc1)[C@@H]1CCNC1.Cc1nc2ccccc2n1-c1ccc(C(=O)N(C)C2CCNCC2)cc1.Cc1nc2ccccc2n1-c1ccc(C(=O)N(C)[C@H]2CCNC2)cc1.Cc1nc2ccccc2n1Cc1ccc(C(=O)N(C)C2CCNCC2)cc1.Cc1nc2ccccc2n1Cc1ccc(C(=O)N(C)[C@@H]2CCNC2)cc1. The molecule has 0 unspecified atom stereocenters. The lowest BCUT2D eigenvalue weighted by Crippen LogP contribution is -2.43. The molecule has 0 radical (unpaired) electrons. The molecule has 5 aliphatic heterocycles. The van der Waals surface area contributed by atoms with E-state index >= 15 is 0 Å². The van der Waals surface area contributed by atoms with Crippen LogP contribution in [0.1, 0.15) is 137 Å².